The summed E-state index contributed by atoms with van der Waals surface area (Å²) in [4.78, 5) is 21.9. The van der Waals surface area contributed by atoms with Crippen molar-refractivity contribution in [3.63, 3.8) is 0 Å². The van der Waals surface area contributed by atoms with E-state index in [-0.39, 0.29) is 6.61 Å². The Hall–Kier alpha value is -2.46. The summed E-state index contributed by atoms with van der Waals surface area (Å²) in [7, 11) is 0. The molecule has 0 aliphatic carbocycles. The number of amides is 1. The molecule has 2 rings (SSSR count). The van der Waals surface area contributed by atoms with Gasteiger partial charge in [0.2, 0.25) is 5.91 Å². The van der Waals surface area contributed by atoms with Gasteiger partial charge in [0.05, 0.1) is 6.61 Å². The third kappa shape index (κ3) is 2.69. The Bertz CT molecular complexity index is 618. The Morgan fingerprint density at radius 3 is 2.26 bits per heavy atom. The van der Waals surface area contributed by atoms with Crippen molar-refractivity contribution in [2.24, 2.45) is 5.73 Å². The zero-order valence-electron chi connectivity index (χ0n) is 10.2. The molecule has 0 saturated carbocycles. The van der Waals surface area contributed by atoms with Crippen molar-refractivity contribution in [1.29, 1.82) is 0 Å². The summed E-state index contributed by atoms with van der Waals surface area (Å²) in [6, 6.07) is 12.0. The molecule has 4 nitrogen and oxygen atoms in total. The molecule has 0 fully saturated rings. The van der Waals surface area contributed by atoms with E-state index in [1.165, 1.54) is 0 Å². The van der Waals surface area contributed by atoms with Crippen LogP contribution in [0.3, 0.4) is 0 Å². The Labute approximate surface area is 110 Å². The van der Waals surface area contributed by atoms with Crippen molar-refractivity contribution in [1.82, 2.24) is 0 Å². The number of benzene rings is 2. The largest absolute Gasteiger partial charge is 0.392 e. The second-order valence-electron chi connectivity index (χ2n) is 4.13. The lowest BCUT2D eigenvalue weighted by molar-refractivity contribution is 0.1000. The van der Waals surface area contributed by atoms with Crippen LogP contribution in [-0.2, 0) is 6.61 Å². The van der Waals surface area contributed by atoms with Gasteiger partial charge in [0.25, 0.3) is 0 Å². The van der Waals surface area contributed by atoms with Gasteiger partial charge in [-0.1, -0.05) is 24.3 Å². The number of carbonyl (C=O) groups is 2. The SMILES string of the molecule is NC(=O)c1ccc(-c2ccc(CO)c(C=O)c2)cc1. The summed E-state index contributed by atoms with van der Waals surface area (Å²) in [5.74, 6) is -0.476. The molecule has 3 N–H and O–H groups in total. The van der Waals surface area contributed by atoms with Crippen LogP contribution in [0, 0.1) is 0 Å². The van der Waals surface area contributed by atoms with Gasteiger partial charge in [0, 0.05) is 11.1 Å². The molecule has 0 spiro atoms. The van der Waals surface area contributed by atoms with Crippen LogP contribution >= 0.6 is 0 Å². The summed E-state index contributed by atoms with van der Waals surface area (Å²) < 4.78 is 0. The summed E-state index contributed by atoms with van der Waals surface area (Å²) in [5.41, 5.74) is 8.37. The van der Waals surface area contributed by atoms with Gasteiger partial charge < -0.3 is 10.8 Å². The first-order chi connectivity index (χ1) is 9.15. The molecule has 2 aromatic rings. The van der Waals surface area contributed by atoms with Crippen LogP contribution in [0.1, 0.15) is 26.3 Å². The first-order valence-electron chi connectivity index (χ1n) is 5.75. The smallest absolute Gasteiger partial charge is 0.248 e. The average Bonchev–Trinajstić information content (AvgIpc) is 2.46. The summed E-state index contributed by atoms with van der Waals surface area (Å²) >= 11 is 0. The number of nitrogens with two attached hydrogens (primary N) is 1. The lowest BCUT2D eigenvalue weighted by Gasteiger charge is -2.06. The minimum atomic E-state index is -0.476. The highest BCUT2D eigenvalue weighted by Gasteiger charge is 2.05. The fraction of sp³-hybridized carbons (Fsp3) is 0.0667. The maximum Gasteiger partial charge on any atom is 0.248 e. The Morgan fingerprint density at radius 1 is 1.11 bits per heavy atom. The molecule has 96 valence electrons. The number of aldehydes is 1. The maximum absolute atomic E-state index is 11.0. The number of rotatable bonds is 4. The Kier molecular flexibility index (Phi) is 3.73. The van der Waals surface area contributed by atoms with Crippen LogP contribution in [0.2, 0.25) is 0 Å². The van der Waals surface area contributed by atoms with Crippen LogP contribution < -0.4 is 5.73 Å². The van der Waals surface area contributed by atoms with Gasteiger partial charge in [-0.3, -0.25) is 9.59 Å². The number of hydrogen-bond donors (Lipinski definition) is 2. The number of carbonyl (C=O) groups excluding carboxylic acids is 2. The summed E-state index contributed by atoms with van der Waals surface area (Å²) in [6.45, 7) is -0.172. The molecule has 0 heterocycles. The van der Waals surface area contributed by atoms with E-state index in [9.17, 15) is 9.59 Å². The van der Waals surface area contributed by atoms with E-state index in [1.807, 2.05) is 6.07 Å². The lowest BCUT2D eigenvalue weighted by atomic mass is 9.99. The van der Waals surface area contributed by atoms with Crippen LogP contribution in [0.15, 0.2) is 42.5 Å². The van der Waals surface area contributed by atoms with Crippen molar-refractivity contribution in [3.05, 3.63) is 59.2 Å². The molecule has 0 aliphatic heterocycles. The minimum absolute atomic E-state index is 0.172. The van der Waals surface area contributed by atoms with Crippen LogP contribution in [0.5, 0.6) is 0 Å². The molecule has 1 amide bonds. The van der Waals surface area contributed by atoms with Gasteiger partial charge in [-0.05, 0) is 34.9 Å². The van der Waals surface area contributed by atoms with Crippen LogP contribution in [-0.4, -0.2) is 17.3 Å². The summed E-state index contributed by atoms with van der Waals surface area (Å²) in [5, 5.41) is 9.10. The van der Waals surface area contributed by atoms with E-state index in [4.69, 9.17) is 10.8 Å². The molecule has 0 atom stereocenters. The molecule has 0 radical (unpaired) electrons. The van der Waals surface area contributed by atoms with Gasteiger partial charge >= 0.3 is 0 Å². The van der Waals surface area contributed by atoms with Crippen molar-refractivity contribution in [2.45, 2.75) is 6.61 Å². The van der Waals surface area contributed by atoms with Crippen LogP contribution in [0.25, 0.3) is 11.1 Å². The van der Waals surface area contributed by atoms with Crippen molar-refractivity contribution < 1.29 is 14.7 Å². The number of aliphatic hydroxyl groups is 1. The fourth-order valence-corrected chi connectivity index (χ4v) is 1.86. The Balaban J connectivity index is 2.41. The van der Waals surface area contributed by atoms with Crippen molar-refractivity contribution in [2.75, 3.05) is 0 Å². The first kappa shape index (κ1) is 13.0. The quantitative estimate of drug-likeness (QED) is 0.817. The highest BCUT2D eigenvalue weighted by Crippen LogP contribution is 2.22. The standard InChI is InChI=1S/C15H13NO3/c16-15(19)11-3-1-10(2-4-11)12-5-6-13(8-17)14(7-12)9-18/h1-7,9,17H,8H2,(H2,16,19). The number of aliphatic hydroxyl groups excluding tert-OH is 1. The van der Waals surface area contributed by atoms with E-state index in [0.717, 1.165) is 11.1 Å². The average molecular weight is 255 g/mol. The zero-order valence-corrected chi connectivity index (χ0v) is 10.2. The van der Waals surface area contributed by atoms with Crippen LogP contribution in [0.4, 0.5) is 0 Å². The molecule has 0 unspecified atom stereocenters. The second-order valence-corrected chi connectivity index (χ2v) is 4.13. The fourth-order valence-electron chi connectivity index (χ4n) is 1.86. The molecule has 0 bridgehead atoms. The van der Waals surface area contributed by atoms with E-state index < -0.39 is 5.91 Å². The molecule has 0 aliphatic rings. The van der Waals surface area contributed by atoms with Gasteiger partial charge in [0.15, 0.2) is 0 Å². The first-order valence-corrected chi connectivity index (χ1v) is 5.75. The van der Waals surface area contributed by atoms with Gasteiger partial charge in [0.1, 0.15) is 6.29 Å². The van der Waals surface area contributed by atoms with Crippen molar-refractivity contribution >= 4 is 12.2 Å². The third-order valence-corrected chi connectivity index (χ3v) is 2.95. The van der Waals surface area contributed by atoms with Gasteiger partial charge in [-0.25, -0.2) is 0 Å². The van der Waals surface area contributed by atoms with E-state index in [0.29, 0.717) is 23.0 Å². The zero-order chi connectivity index (χ0) is 13.8. The maximum atomic E-state index is 11.0. The lowest BCUT2D eigenvalue weighted by Crippen LogP contribution is -2.10. The number of hydrogen-bond acceptors (Lipinski definition) is 3. The molecule has 4 heteroatoms. The predicted molar refractivity (Wildman–Crippen MR) is 71.7 cm³/mol. The van der Waals surface area contributed by atoms with Gasteiger partial charge in [-0.15, -0.1) is 0 Å². The highest BCUT2D eigenvalue weighted by atomic mass is 16.3. The molecule has 0 aromatic heterocycles. The molecule has 2 aromatic carbocycles. The molecular formula is C15H13NO3. The summed E-state index contributed by atoms with van der Waals surface area (Å²) in [6.07, 6.45) is 0.715. The normalized spacial score (nSPS) is 10.2. The predicted octanol–water partition coefficient (Wildman–Crippen LogP) is 1.76. The Morgan fingerprint density at radius 2 is 1.74 bits per heavy atom. The monoisotopic (exact) mass is 255 g/mol. The third-order valence-electron chi connectivity index (χ3n) is 2.95. The number of primary amides is 1. The van der Waals surface area contributed by atoms with E-state index >= 15 is 0 Å². The topological polar surface area (TPSA) is 80.4 Å². The molecular weight excluding hydrogens is 242 g/mol. The van der Waals surface area contributed by atoms with E-state index in [1.54, 1.807) is 36.4 Å². The molecule has 0 saturated heterocycles. The van der Waals surface area contributed by atoms with Crippen molar-refractivity contribution in [3.8, 4) is 11.1 Å². The highest BCUT2D eigenvalue weighted by molar-refractivity contribution is 5.93. The van der Waals surface area contributed by atoms with E-state index in [2.05, 4.69) is 0 Å². The molecule has 19 heavy (non-hydrogen) atoms. The van der Waals surface area contributed by atoms with Gasteiger partial charge in [-0.2, -0.15) is 0 Å². The second kappa shape index (κ2) is 5.46. The minimum Gasteiger partial charge on any atom is -0.392 e.